The molecule has 0 saturated heterocycles. The van der Waals surface area contributed by atoms with Gasteiger partial charge in [0.2, 0.25) is 10.0 Å². The maximum Gasteiger partial charge on any atom is 0.238 e. The molecule has 0 atom stereocenters. The molecule has 3 nitrogen and oxygen atoms in total. The third-order valence-electron chi connectivity index (χ3n) is 3.40. The fourth-order valence-corrected chi connectivity index (χ4v) is 2.73. The molecule has 0 heterocycles. The summed E-state index contributed by atoms with van der Waals surface area (Å²) in [4.78, 5) is 0.251. The van der Waals surface area contributed by atoms with Crippen LogP contribution < -0.4 is 5.14 Å². The third-order valence-corrected chi connectivity index (χ3v) is 4.37. The summed E-state index contributed by atoms with van der Waals surface area (Å²) < 4.78 is 23.0. The molecule has 0 spiro atoms. The van der Waals surface area contributed by atoms with E-state index in [1.54, 1.807) is 12.1 Å². The van der Waals surface area contributed by atoms with Crippen LogP contribution in [0.25, 0.3) is 0 Å². The van der Waals surface area contributed by atoms with Crippen LogP contribution in [-0.2, 0) is 15.4 Å². The molecule has 0 amide bonds. The Hall–Kier alpha value is -0.870. The van der Waals surface area contributed by atoms with Gasteiger partial charge in [0, 0.05) is 0 Å². The summed E-state index contributed by atoms with van der Waals surface area (Å²) in [5.74, 6) is 0. The van der Waals surface area contributed by atoms with Gasteiger partial charge in [-0.25, -0.2) is 13.6 Å². The Labute approximate surface area is 97.7 Å². The molecular weight excluding hydrogens is 222 g/mol. The van der Waals surface area contributed by atoms with Crippen LogP contribution in [-0.4, -0.2) is 8.42 Å². The van der Waals surface area contributed by atoms with E-state index in [1.165, 1.54) is 0 Å². The molecule has 16 heavy (non-hydrogen) atoms. The third kappa shape index (κ3) is 2.44. The Morgan fingerprint density at radius 3 is 2.12 bits per heavy atom. The molecule has 4 heteroatoms. The zero-order valence-electron chi connectivity index (χ0n) is 10.0. The van der Waals surface area contributed by atoms with Gasteiger partial charge in [0.15, 0.2) is 0 Å². The molecule has 0 saturated carbocycles. The van der Waals surface area contributed by atoms with Crippen LogP contribution in [0.4, 0.5) is 0 Å². The van der Waals surface area contributed by atoms with E-state index in [-0.39, 0.29) is 10.3 Å². The SMILES string of the molecule is CCC(C)(CC)c1ccccc1S(N)(=O)=O. The van der Waals surface area contributed by atoms with Crippen molar-refractivity contribution in [3.8, 4) is 0 Å². The molecule has 1 rings (SSSR count). The van der Waals surface area contributed by atoms with Crippen molar-refractivity contribution >= 4 is 10.0 Å². The van der Waals surface area contributed by atoms with Crippen molar-refractivity contribution in [2.24, 2.45) is 5.14 Å². The first-order chi connectivity index (χ1) is 7.35. The number of rotatable bonds is 4. The molecule has 0 aromatic heterocycles. The first kappa shape index (κ1) is 13.2. The summed E-state index contributed by atoms with van der Waals surface area (Å²) in [6, 6.07) is 6.99. The summed E-state index contributed by atoms with van der Waals surface area (Å²) >= 11 is 0. The van der Waals surface area contributed by atoms with E-state index >= 15 is 0 Å². The van der Waals surface area contributed by atoms with Gasteiger partial charge in [-0.15, -0.1) is 0 Å². The number of primary sulfonamides is 1. The van der Waals surface area contributed by atoms with E-state index in [1.807, 2.05) is 12.1 Å². The average Bonchev–Trinajstić information content (AvgIpc) is 2.27. The van der Waals surface area contributed by atoms with Gasteiger partial charge in [-0.2, -0.15) is 0 Å². The van der Waals surface area contributed by atoms with E-state index in [0.717, 1.165) is 18.4 Å². The van der Waals surface area contributed by atoms with Crippen LogP contribution in [0.1, 0.15) is 39.2 Å². The Balaban J connectivity index is 3.46. The highest BCUT2D eigenvalue weighted by atomic mass is 32.2. The molecule has 0 aliphatic heterocycles. The van der Waals surface area contributed by atoms with E-state index < -0.39 is 10.0 Å². The number of hydrogen-bond acceptors (Lipinski definition) is 2. The molecule has 0 aliphatic carbocycles. The minimum atomic E-state index is -3.64. The Morgan fingerprint density at radius 1 is 1.19 bits per heavy atom. The highest BCUT2D eigenvalue weighted by Crippen LogP contribution is 2.34. The zero-order valence-corrected chi connectivity index (χ0v) is 10.8. The van der Waals surface area contributed by atoms with Gasteiger partial charge in [-0.1, -0.05) is 39.0 Å². The van der Waals surface area contributed by atoms with Crippen molar-refractivity contribution < 1.29 is 8.42 Å². The first-order valence-electron chi connectivity index (χ1n) is 5.47. The molecule has 0 aliphatic rings. The lowest BCUT2D eigenvalue weighted by atomic mass is 9.78. The Morgan fingerprint density at radius 2 is 1.69 bits per heavy atom. The molecule has 0 unspecified atom stereocenters. The van der Waals surface area contributed by atoms with Crippen molar-refractivity contribution in [2.75, 3.05) is 0 Å². The number of sulfonamides is 1. The number of nitrogens with two attached hydrogens (primary N) is 1. The normalized spacial score (nSPS) is 12.8. The molecular formula is C12H19NO2S. The van der Waals surface area contributed by atoms with Gasteiger partial charge in [0.1, 0.15) is 0 Å². The first-order valence-corrected chi connectivity index (χ1v) is 7.02. The summed E-state index contributed by atoms with van der Waals surface area (Å²) in [5.41, 5.74) is 0.686. The van der Waals surface area contributed by atoms with Crippen LogP contribution in [0.2, 0.25) is 0 Å². The fraction of sp³-hybridized carbons (Fsp3) is 0.500. The predicted octanol–water partition coefficient (Wildman–Crippen LogP) is 2.41. The van der Waals surface area contributed by atoms with E-state index in [4.69, 9.17) is 5.14 Å². The summed E-state index contributed by atoms with van der Waals surface area (Å²) in [7, 11) is -3.64. The largest absolute Gasteiger partial charge is 0.238 e. The second-order valence-electron chi connectivity index (χ2n) is 4.31. The average molecular weight is 241 g/mol. The van der Waals surface area contributed by atoms with E-state index in [0.29, 0.717) is 0 Å². The van der Waals surface area contributed by atoms with Gasteiger partial charge in [0.05, 0.1) is 4.90 Å². The maximum atomic E-state index is 11.5. The molecule has 90 valence electrons. The van der Waals surface area contributed by atoms with Crippen molar-refractivity contribution in [3.05, 3.63) is 29.8 Å². The van der Waals surface area contributed by atoms with E-state index in [9.17, 15) is 8.42 Å². The highest BCUT2D eigenvalue weighted by Gasteiger charge is 2.28. The van der Waals surface area contributed by atoms with Crippen LogP contribution in [0.3, 0.4) is 0 Å². The number of benzene rings is 1. The fourth-order valence-electron chi connectivity index (χ4n) is 1.84. The number of hydrogen-bond donors (Lipinski definition) is 1. The van der Waals surface area contributed by atoms with Gasteiger partial charge < -0.3 is 0 Å². The molecule has 0 fully saturated rings. The lowest BCUT2D eigenvalue weighted by Gasteiger charge is -2.29. The minimum absolute atomic E-state index is 0.136. The van der Waals surface area contributed by atoms with Crippen molar-refractivity contribution in [2.45, 2.75) is 43.9 Å². The summed E-state index contributed by atoms with van der Waals surface area (Å²) in [6.45, 7) is 6.18. The monoisotopic (exact) mass is 241 g/mol. The van der Waals surface area contributed by atoms with Gasteiger partial charge in [-0.3, -0.25) is 0 Å². The second-order valence-corrected chi connectivity index (χ2v) is 5.84. The smallest absolute Gasteiger partial charge is 0.225 e. The lowest BCUT2D eigenvalue weighted by Crippen LogP contribution is -2.25. The Bertz CT molecular complexity index is 462. The topological polar surface area (TPSA) is 60.2 Å². The standard InChI is InChI=1S/C12H19NO2S/c1-4-12(3,5-2)10-8-6-7-9-11(10)16(13,14)15/h6-9H,4-5H2,1-3H3,(H2,13,14,15). The van der Waals surface area contributed by atoms with Gasteiger partial charge in [-0.05, 0) is 29.9 Å². The highest BCUT2D eigenvalue weighted by molar-refractivity contribution is 7.89. The Kier molecular flexibility index (Phi) is 3.76. The zero-order chi connectivity index (χ0) is 12.4. The summed E-state index contributed by atoms with van der Waals surface area (Å²) in [6.07, 6.45) is 1.77. The van der Waals surface area contributed by atoms with Crippen molar-refractivity contribution in [1.29, 1.82) is 0 Å². The van der Waals surface area contributed by atoms with Crippen molar-refractivity contribution in [1.82, 2.24) is 0 Å². The molecule has 2 N–H and O–H groups in total. The van der Waals surface area contributed by atoms with Gasteiger partial charge >= 0.3 is 0 Å². The van der Waals surface area contributed by atoms with Crippen LogP contribution in [0.15, 0.2) is 29.2 Å². The quantitative estimate of drug-likeness (QED) is 0.880. The molecule has 1 aromatic carbocycles. The lowest BCUT2D eigenvalue weighted by molar-refractivity contribution is 0.429. The van der Waals surface area contributed by atoms with Crippen LogP contribution >= 0.6 is 0 Å². The molecule has 1 aromatic rings. The molecule has 0 bridgehead atoms. The van der Waals surface area contributed by atoms with Crippen LogP contribution in [0.5, 0.6) is 0 Å². The van der Waals surface area contributed by atoms with E-state index in [2.05, 4.69) is 20.8 Å². The summed E-state index contributed by atoms with van der Waals surface area (Å²) in [5, 5.41) is 5.24. The minimum Gasteiger partial charge on any atom is -0.225 e. The predicted molar refractivity (Wildman–Crippen MR) is 65.7 cm³/mol. The van der Waals surface area contributed by atoms with Gasteiger partial charge in [0.25, 0.3) is 0 Å². The van der Waals surface area contributed by atoms with Crippen molar-refractivity contribution in [3.63, 3.8) is 0 Å². The molecule has 0 radical (unpaired) electrons. The second kappa shape index (κ2) is 4.55. The van der Waals surface area contributed by atoms with Crippen LogP contribution in [0, 0.1) is 0 Å². The maximum absolute atomic E-state index is 11.5.